The maximum Gasteiger partial charge on any atom is 0.329 e. The van der Waals surface area contributed by atoms with Crippen LogP contribution in [0.3, 0.4) is 0 Å². The number of fused-ring (bicyclic) bond motifs is 1. The molecule has 2 fully saturated rings. The van der Waals surface area contributed by atoms with Gasteiger partial charge in [0.1, 0.15) is 29.7 Å². The fourth-order valence-electron chi connectivity index (χ4n) is 10.5. The van der Waals surface area contributed by atoms with Crippen molar-refractivity contribution in [2.45, 2.75) is 82.4 Å². The number of likely N-dealkylation sites (tertiary alicyclic amines) is 1. The van der Waals surface area contributed by atoms with E-state index < -0.39 is 72.1 Å². The van der Waals surface area contributed by atoms with Gasteiger partial charge in [-0.1, -0.05) is 37.3 Å². The van der Waals surface area contributed by atoms with E-state index in [0.717, 1.165) is 16.9 Å². The highest BCUT2D eigenvalue weighted by Crippen LogP contribution is 2.42. The van der Waals surface area contributed by atoms with E-state index >= 15 is 0 Å². The molecule has 88 heavy (non-hydrogen) atoms. The molecule has 4 atom stereocenters. The third kappa shape index (κ3) is 17.8. The number of benzene rings is 4. The summed E-state index contributed by atoms with van der Waals surface area (Å²) in [6, 6.07) is 18.6. The van der Waals surface area contributed by atoms with Gasteiger partial charge < -0.3 is 72.4 Å². The Labute approximate surface area is 511 Å². The molecule has 2 saturated heterocycles. The zero-order valence-corrected chi connectivity index (χ0v) is 50.6. The molecular weight excluding hydrogens is 1150 g/mol. The maximum absolute atomic E-state index is 14.6. The molecule has 0 saturated carbocycles. The lowest BCUT2D eigenvalue weighted by molar-refractivity contribution is -0.162. The van der Waals surface area contributed by atoms with E-state index in [9.17, 15) is 38.4 Å². The predicted molar refractivity (Wildman–Crippen MR) is 315 cm³/mol. The Bertz CT molecular complexity index is 3040. The van der Waals surface area contributed by atoms with Crippen LogP contribution in [0.4, 0.5) is 0 Å². The summed E-state index contributed by atoms with van der Waals surface area (Å²) < 4.78 is 68.2. The highest BCUT2D eigenvalue weighted by atomic mass is 16.6. The molecule has 476 valence electrons. The average molecular weight is 1230 g/mol. The maximum atomic E-state index is 14.6. The van der Waals surface area contributed by atoms with Crippen molar-refractivity contribution in [3.63, 3.8) is 0 Å². The molecule has 0 spiro atoms. The minimum absolute atomic E-state index is 0.0111. The minimum Gasteiger partial charge on any atom is -0.493 e. The molecule has 0 aliphatic carbocycles. The first kappa shape index (κ1) is 67.0. The lowest BCUT2D eigenvalue weighted by Crippen LogP contribution is -2.54. The van der Waals surface area contributed by atoms with Crippen LogP contribution in [0.5, 0.6) is 40.2 Å². The van der Waals surface area contributed by atoms with Gasteiger partial charge >= 0.3 is 5.97 Å². The number of hydrogen-bond donors (Lipinski definition) is 3. The Morgan fingerprint density at radius 3 is 1.83 bits per heavy atom. The second-order valence-corrected chi connectivity index (χ2v) is 20.5. The molecule has 1 unspecified atom stereocenters. The molecule has 4 aromatic carbocycles. The number of carbonyl (C=O) groups is 8. The van der Waals surface area contributed by atoms with Crippen molar-refractivity contribution in [3.05, 3.63) is 101 Å². The monoisotopic (exact) mass is 1230 g/mol. The van der Waals surface area contributed by atoms with Crippen molar-refractivity contribution in [2.75, 3.05) is 121 Å². The van der Waals surface area contributed by atoms with Gasteiger partial charge in [0, 0.05) is 31.6 Å². The summed E-state index contributed by atoms with van der Waals surface area (Å²) in [5.74, 6) is -2.18. The molecule has 25 nitrogen and oxygen atoms in total. The zero-order chi connectivity index (χ0) is 63.0. The van der Waals surface area contributed by atoms with Crippen LogP contribution in [0.15, 0.2) is 72.8 Å². The van der Waals surface area contributed by atoms with E-state index in [-0.39, 0.29) is 88.4 Å². The summed E-state index contributed by atoms with van der Waals surface area (Å²) in [6.45, 7) is 4.02. The smallest absolute Gasteiger partial charge is 0.329 e. The van der Waals surface area contributed by atoms with Crippen molar-refractivity contribution in [1.29, 1.82) is 0 Å². The number of esters is 1. The van der Waals surface area contributed by atoms with E-state index in [1.807, 2.05) is 25.1 Å². The number of methoxy groups -OCH3 is 5. The number of ether oxygens (including phenoxy) is 12. The van der Waals surface area contributed by atoms with Gasteiger partial charge in [0.25, 0.3) is 23.6 Å². The number of rotatable bonds is 36. The van der Waals surface area contributed by atoms with E-state index in [0.29, 0.717) is 104 Å². The van der Waals surface area contributed by atoms with Crippen LogP contribution >= 0.6 is 0 Å². The SMILES string of the molecule is CC[C@H](C(=O)N1CCCC[C@H]1C(=O)O[C@H](CCc1ccc(OC)c(OC)c1)c1ccccc1OCC(=O)NCCOCCOCCOCCOCCNC(=O)COc1cccc2c1C(=O)N(C1CCC(=O)NC1=O)C2=O)c1cc(OC)c(OC)c(OC)c1. The Morgan fingerprint density at radius 2 is 1.23 bits per heavy atom. The van der Waals surface area contributed by atoms with Gasteiger partial charge in [-0.3, -0.25) is 43.8 Å². The number of nitrogens with zero attached hydrogens (tertiary/aromatic N) is 2. The largest absolute Gasteiger partial charge is 0.493 e. The molecule has 3 aliphatic rings. The summed E-state index contributed by atoms with van der Waals surface area (Å²) in [5.41, 5.74) is 2.10. The van der Waals surface area contributed by atoms with Crippen molar-refractivity contribution in [1.82, 2.24) is 25.8 Å². The van der Waals surface area contributed by atoms with E-state index in [2.05, 4.69) is 16.0 Å². The molecule has 0 aromatic heterocycles. The average Bonchev–Trinajstić information content (AvgIpc) is 1.73. The summed E-state index contributed by atoms with van der Waals surface area (Å²) >= 11 is 0. The standard InChI is InChI=1S/C63H79N5O20/c1-7-42(41-36-52(79-4)58(81-6)53(37-41)80-5)60(73)67-26-11-10-15-46(67)63(76)88-48(21-18-40-19-22-49(77-2)51(35-40)78-3)43-13-8-9-16-47(43)86-38-55(70)64-24-27-82-29-31-84-33-34-85-32-30-83-28-25-65-56(71)39-87-50-17-12-14-44-57(50)62(75)68(61(44)74)45-20-23-54(69)66-59(45)72/h8-9,12-14,16-17,19,22,35-37,42,45-46,48H,7,10-11,15,18,20-21,23-34,38-39H2,1-6H3,(H,64,70)(H,65,71)(H,66,69,72)/t42-,45?,46-,48+/m0/s1. The Balaban J connectivity index is 0.791. The highest BCUT2D eigenvalue weighted by molar-refractivity contribution is 6.24. The van der Waals surface area contributed by atoms with E-state index in [1.165, 1.54) is 39.5 Å². The number of aryl methyl sites for hydroxylation is 1. The Morgan fingerprint density at radius 1 is 0.625 bits per heavy atom. The fraction of sp³-hybridized carbons (Fsp3) is 0.492. The normalized spacial score (nSPS) is 16.2. The third-order valence-electron chi connectivity index (χ3n) is 14.9. The van der Waals surface area contributed by atoms with Crippen molar-refractivity contribution >= 4 is 47.3 Å². The van der Waals surface area contributed by atoms with Gasteiger partial charge in [0.15, 0.2) is 36.2 Å². The fourth-order valence-corrected chi connectivity index (χ4v) is 10.5. The van der Waals surface area contributed by atoms with Crippen molar-refractivity contribution < 1.29 is 95.2 Å². The van der Waals surface area contributed by atoms with Crippen LogP contribution in [-0.2, 0) is 58.9 Å². The molecule has 3 N–H and O–H groups in total. The number of amides is 7. The van der Waals surface area contributed by atoms with Crippen molar-refractivity contribution in [2.24, 2.45) is 0 Å². The molecule has 0 radical (unpaired) electrons. The van der Waals surface area contributed by atoms with E-state index in [1.54, 1.807) is 55.5 Å². The first-order valence-electron chi connectivity index (χ1n) is 29.3. The lowest BCUT2D eigenvalue weighted by atomic mass is 9.91. The Kier molecular flexibility index (Phi) is 26.0. The number of carbonyl (C=O) groups excluding carboxylic acids is 8. The van der Waals surface area contributed by atoms with Crippen LogP contribution in [0.1, 0.15) is 101 Å². The second kappa shape index (κ2) is 34.1. The van der Waals surface area contributed by atoms with Gasteiger partial charge in [0.05, 0.1) is 105 Å². The second-order valence-electron chi connectivity index (χ2n) is 20.5. The van der Waals surface area contributed by atoms with Gasteiger partial charge in [-0.05, 0) is 98.5 Å². The van der Waals surface area contributed by atoms with Crippen LogP contribution < -0.4 is 49.1 Å². The van der Waals surface area contributed by atoms with Gasteiger partial charge in [0.2, 0.25) is 23.5 Å². The van der Waals surface area contributed by atoms with Crippen LogP contribution in [0, 0.1) is 0 Å². The number of piperidine rings is 2. The lowest BCUT2D eigenvalue weighted by Gasteiger charge is -2.37. The Hall–Kier alpha value is -8.52. The summed E-state index contributed by atoms with van der Waals surface area (Å²) in [7, 11) is 7.66. The van der Waals surface area contributed by atoms with E-state index in [4.69, 9.17) is 56.8 Å². The predicted octanol–water partition coefficient (Wildman–Crippen LogP) is 4.68. The molecule has 3 heterocycles. The summed E-state index contributed by atoms with van der Waals surface area (Å²) in [6.07, 6.45) is 2.22. The number of nitrogens with one attached hydrogen (secondary N) is 3. The topological polar surface area (TPSA) is 290 Å². The molecule has 3 aliphatic heterocycles. The molecule has 0 bridgehead atoms. The van der Waals surface area contributed by atoms with Gasteiger partial charge in [-0.2, -0.15) is 0 Å². The van der Waals surface area contributed by atoms with Gasteiger partial charge in [-0.15, -0.1) is 0 Å². The summed E-state index contributed by atoms with van der Waals surface area (Å²) in [4.78, 5) is 107. The molecule has 7 rings (SSSR count). The molecular formula is C63H79N5O20. The quantitative estimate of drug-likeness (QED) is 0.0316. The highest BCUT2D eigenvalue weighted by Gasteiger charge is 2.46. The first-order chi connectivity index (χ1) is 42.7. The van der Waals surface area contributed by atoms with Gasteiger partial charge in [-0.25, -0.2) is 4.79 Å². The van der Waals surface area contributed by atoms with Crippen LogP contribution in [-0.4, -0.2) is 190 Å². The third-order valence-corrected chi connectivity index (χ3v) is 14.9. The van der Waals surface area contributed by atoms with Crippen molar-refractivity contribution in [3.8, 4) is 40.2 Å². The molecule has 4 aromatic rings. The zero-order valence-electron chi connectivity index (χ0n) is 50.6. The van der Waals surface area contributed by atoms with Crippen LogP contribution in [0.25, 0.3) is 0 Å². The number of para-hydroxylation sites is 1. The molecule has 7 amide bonds. The number of hydrogen-bond acceptors (Lipinski definition) is 20. The first-order valence-corrected chi connectivity index (χ1v) is 29.3. The minimum atomic E-state index is -1.13. The summed E-state index contributed by atoms with van der Waals surface area (Å²) in [5, 5.41) is 7.60. The molecule has 25 heteroatoms. The van der Waals surface area contributed by atoms with Crippen LogP contribution in [0.2, 0.25) is 0 Å². The number of imide groups is 2.